The van der Waals surface area contributed by atoms with E-state index in [-0.39, 0.29) is 11.3 Å². The zero-order valence-electron chi connectivity index (χ0n) is 15.0. The van der Waals surface area contributed by atoms with Gasteiger partial charge in [0, 0.05) is 33.2 Å². The Labute approximate surface area is 150 Å². The first kappa shape index (κ1) is 17.9. The summed E-state index contributed by atoms with van der Waals surface area (Å²) in [5.74, 6) is 0.276. The number of carbonyl (C=O) groups is 1. The molecule has 0 N–H and O–H groups in total. The molecular formula is C20H27N3O2. The third-order valence-electron chi connectivity index (χ3n) is 5.69. The molecule has 0 unspecified atom stereocenters. The van der Waals surface area contributed by atoms with E-state index in [0.717, 1.165) is 51.0 Å². The maximum Gasteiger partial charge on any atom is 0.222 e. The minimum Gasteiger partial charge on any atom is -0.383 e. The molecule has 0 aromatic heterocycles. The van der Waals surface area contributed by atoms with E-state index in [9.17, 15) is 4.79 Å². The van der Waals surface area contributed by atoms with Crippen molar-refractivity contribution in [1.82, 2.24) is 9.80 Å². The lowest BCUT2D eigenvalue weighted by Crippen LogP contribution is -2.52. The molecule has 2 heterocycles. The molecule has 0 saturated carbocycles. The molecule has 1 spiro atoms. The lowest BCUT2D eigenvalue weighted by molar-refractivity contribution is -0.139. The summed E-state index contributed by atoms with van der Waals surface area (Å²) in [5, 5.41) is 9.04. The Hall–Kier alpha value is -1.90. The Morgan fingerprint density at radius 3 is 2.80 bits per heavy atom. The molecule has 5 heteroatoms. The van der Waals surface area contributed by atoms with E-state index < -0.39 is 0 Å². The van der Waals surface area contributed by atoms with Crippen LogP contribution in [-0.4, -0.2) is 55.6 Å². The fourth-order valence-corrected chi connectivity index (χ4v) is 4.10. The molecule has 25 heavy (non-hydrogen) atoms. The van der Waals surface area contributed by atoms with Gasteiger partial charge < -0.3 is 9.64 Å². The Bertz CT molecular complexity index is 645. The van der Waals surface area contributed by atoms with Crippen LogP contribution in [0.2, 0.25) is 0 Å². The highest BCUT2D eigenvalue weighted by Gasteiger charge is 2.40. The number of likely N-dealkylation sites (tertiary alicyclic amines) is 2. The summed E-state index contributed by atoms with van der Waals surface area (Å²) in [6.07, 6.45) is 3.98. The van der Waals surface area contributed by atoms with Gasteiger partial charge in [0.2, 0.25) is 5.91 Å². The highest BCUT2D eigenvalue weighted by molar-refractivity contribution is 5.77. The number of amides is 1. The van der Waals surface area contributed by atoms with Gasteiger partial charge in [0.15, 0.2) is 0 Å². The van der Waals surface area contributed by atoms with Crippen LogP contribution in [0.1, 0.15) is 36.8 Å². The average Bonchev–Trinajstić information content (AvgIpc) is 2.65. The highest BCUT2D eigenvalue weighted by Crippen LogP contribution is 2.40. The van der Waals surface area contributed by atoms with Gasteiger partial charge >= 0.3 is 0 Å². The summed E-state index contributed by atoms with van der Waals surface area (Å²) in [6.45, 7) is 5.22. The largest absolute Gasteiger partial charge is 0.383 e. The SMILES string of the molecule is COCCN1CC2(CCC1=O)CCN(Cc1cccc(C#N)c1)CC2. The van der Waals surface area contributed by atoms with Crippen LogP contribution in [0, 0.1) is 16.7 Å². The van der Waals surface area contributed by atoms with Gasteiger partial charge in [-0.05, 0) is 55.5 Å². The van der Waals surface area contributed by atoms with Crippen molar-refractivity contribution in [1.29, 1.82) is 5.26 Å². The predicted octanol–water partition coefficient (Wildman–Crippen LogP) is 2.41. The zero-order valence-corrected chi connectivity index (χ0v) is 15.0. The lowest BCUT2D eigenvalue weighted by atomic mass is 9.72. The minimum absolute atomic E-state index is 0.276. The van der Waals surface area contributed by atoms with E-state index in [0.29, 0.717) is 19.6 Å². The summed E-state index contributed by atoms with van der Waals surface area (Å²) < 4.78 is 5.15. The Balaban J connectivity index is 1.55. The highest BCUT2D eigenvalue weighted by atomic mass is 16.5. The second-order valence-corrected chi connectivity index (χ2v) is 7.40. The number of hydrogen-bond acceptors (Lipinski definition) is 4. The van der Waals surface area contributed by atoms with Crippen LogP contribution in [0.25, 0.3) is 0 Å². The van der Waals surface area contributed by atoms with E-state index >= 15 is 0 Å². The second kappa shape index (κ2) is 7.99. The summed E-state index contributed by atoms with van der Waals surface area (Å²) in [5.41, 5.74) is 2.22. The van der Waals surface area contributed by atoms with Crippen LogP contribution >= 0.6 is 0 Å². The van der Waals surface area contributed by atoms with E-state index in [1.165, 1.54) is 5.56 Å². The van der Waals surface area contributed by atoms with Crippen molar-refractivity contribution >= 4 is 5.91 Å². The average molecular weight is 341 g/mol. The molecule has 0 bridgehead atoms. The maximum atomic E-state index is 12.1. The van der Waals surface area contributed by atoms with Crippen molar-refractivity contribution < 1.29 is 9.53 Å². The van der Waals surface area contributed by atoms with Gasteiger partial charge in [0.05, 0.1) is 18.2 Å². The Morgan fingerprint density at radius 1 is 1.28 bits per heavy atom. The van der Waals surface area contributed by atoms with Crippen LogP contribution < -0.4 is 0 Å². The quantitative estimate of drug-likeness (QED) is 0.825. The number of nitrogens with zero attached hydrogens (tertiary/aromatic N) is 3. The first-order chi connectivity index (χ1) is 12.1. The summed E-state index contributed by atoms with van der Waals surface area (Å²) in [4.78, 5) is 16.6. The van der Waals surface area contributed by atoms with Crippen molar-refractivity contribution in [2.45, 2.75) is 32.2 Å². The monoisotopic (exact) mass is 341 g/mol. The van der Waals surface area contributed by atoms with Crippen molar-refractivity contribution in [3.05, 3.63) is 35.4 Å². The fraction of sp³-hybridized carbons (Fsp3) is 0.600. The van der Waals surface area contributed by atoms with Crippen LogP contribution in [0.3, 0.4) is 0 Å². The fourth-order valence-electron chi connectivity index (χ4n) is 4.10. The van der Waals surface area contributed by atoms with Gasteiger partial charge in [-0.25, -0.2) is 0 Å². The van der Waals surface area contributed by atoms with Crippen molar-refractivity contribution in [2.24, 2.45) is 5.41 Å². The van der Waals surface area contributed by atoms with Gasteiger partial charge in [-0.2, -0.15) is 5.26 Å². The van der Waals surface area contributed by atoms with Crippen molar-refractivity contribution in [3.8, 4) is 6.07 Å². The Morgan fingerprint density at radius 2 is 2.08 bits per heavy atom. The molecule has 0 aliphatic carbocycles. The smallest absolute Gasteiger partial charge is 0.222 e. The summed E-state index contributed by atoms with van der Waals surface area (Å²) in [7, 11) is 1.68. The third-order valence-corrected chi connectivity index (χ3v) is 5.69. The normalized spacial score (nSPS) is 20.6. The van der Waals surface area contributed by atoms with E-state index in [4.69, 9.17) is 10.00 Å². The van der Waals surface area contributed by atoms with Gasteiger partial charge in [-0.3, -0.25) is 9.69 Å². The number of rotatable bonds is 5. The molecule has 5 nitrogen and oxygen atoms in total. The molecule has 2 aliphatic heterocycles. The second-order valence-electron chi connectivity index (χ2n) is 7.40. The number of carbonyl (C=O) groups excluding carboxylic acids is 1. The van der Waals surface area contributed by atoms with Crippen LogP contribution in [0.5, 0.6) is 0 Å². The molecule has 0 radical (unpaired) electrons. The molecule has 1 aromatic rings. The van der Waals surface area contributed by atoms with Crippen LogP contribution in [0.4, 0.5) is 0 Å². The van der Waals surface area contributed by atoms with Crippen molar-refractivity contribution in [2.75, 3.05) is 39.9 Å². The van der Waals surface area contributed by atoms with Crippen LogP contribution in [-0.2, 0) is 16.1 Å². The number of piperidine rings is 2. The minimum atomic E-state index is 0.276. The molecular weight excluding hydrogens is 314 g/mol. The number of methoxy groups -OCH3 is 1. The molecule has 3 rings (SSSR count). The molecule has 2 fully saturated rings. The van der Waals surface area contributed by atoms with E-state index in [2.05, 4.69) is 17.0 Å². The van der Waals surface area contributed by atoms with Gasteiger partial charge in [-0.1, -0.05) is 12.1 Å². The summed E-state index contributed by atoms with van der Waals surface area (Å²) in [6, 6.07) is 10.1. The molecule has 2 saturated heterocycles. The first-order valence-corrected chi connectivity index (χ1v) is 9.12. The van der Waals surface area contributed by atoms with Gasteiger partial charge in [-0.15, -0.1) is 0 Å². The predicted molar refractivity (Wildman–Crippen MR) is 95.8 cm³/mol. The third kappa shape index (κ3) is 4.39. The molecule has 2 aliphatic rings. The topological polar surface area (TPSA) is 56.6 Å². The van der Waals surface area contributed by atoms with Crippen LogP contribution in [0.15, 0.2) is 24.3 Å². The lowest BCUT2D eigenvalue weighted by Gasteiger charge is -2.47. The van der Waals surface area contributed by atoms with E-state index in [1.807, 2.05) is 23.1 Å². The molecule has 0 atom stereocenters. The van der Waals surface area contributed by atoms with Gasteiger partial charge in [0.25, 0.3) is 0 Å². The van der Waals surface area contributed by atoms with E-state index in [1.54, 1.807) is 7.11 Å². The van der Waals surface area contributed by atoms with Crippen molar-refractivity contribution in [3.63, 3.8) is 0 Å². The number of hydrogen-bond donors (Lipinski definition) is 0. The van der Waals surface area contributed by atoms with Gasteiger partial charge in [0.1, 0.15) is 0 Å². The molecule has 134 valence electrons. The number of nitriles is 1. The summed E-state index contributed by atoms with van der Waals surface area (Å²) >= 11 is 0. The molecule has 1 amide bonds. The Kier molecular flexibility index (Phi) is 5.72. The first-order valence-electron chi connectivity index (χ1n) is 9.12. The number of ether oxygens (including phenoxy) is 1. The maximum absolute atomic E-state index is 12.1. The zero-order chi connectivity index (χ0) is 17.7. The standard InChI is InChI=1S/C20H27N3O2/c1-25-12-11-23-16-20(6-5-19(23)24)7-9-22(10-8-20)15-18-4-2-3-17(13-18)14-21/h2-4,13H,5-12,15-16H2,1H3. The number of benzene rings is 1. The molecule has 1 aromatic carbocycles.